The number of carbonyl (C=O) groups excluding carboxylic acids is 2. The molecule has 170 valence electrons. The lowest BCUT2D eigenvalue weighted by atomic mass is 10.1. The van der Waals surface area contributed by atoms with Gasteiger partial charge in [0.1, 0.15) is 0 Å². The van der Waals surface area contributed by atoms with E-state index in [4.69, 9.17) is 9.47 Å². The maximum absolute atomic E-state index is 12.5. The molecule has 5 nitrogen and oxygen atoms in total. The molecule has 1 heterocycles. The van der Waals surface area contributed by atoms with Gasteiger partial charge in [-0.25, -0.2) is 9.59 Å². The highest BCUT2D eigenvalue weighted by atomic mass is 16.5. The number of hydrogen-bond acceptors (Lipinski definition) is 5. The largest absolute Gasteiger partial charge is 0.462 e. The summed E-state index contributed by atoms with van der Waals surface area (Å²) in [5.41, 5.74) is 1.84. The van der Waals surface area contributed by atoms with E-state index in [9.17, 15) is 9.59 Å². The second kappa shape index (κ2) is 15.9. The highest BCUT2D eigenvalue weighted by Gasteiger charge is 2.19. The Balaban J connectivity index is 2.49. The van der Waals surface area contributed by atoms with Crippen molar-refractivity contribution in [1.29, 1.82) is 0 Å². The van der Waals surface area contributed by atoms with Gasteiger partial charge in [0.25, 0.3) is 0 Å². The zero-order chi connectivity index (χ0) is 22.2. The lowest BCUT2D eigenvalue weighted by Gasteiger charge is -2.11. The van der Waals surface area contributed by atoms with Crippen molar-refractivity contribution < 1.29 is 19.1 Å². The molecule has 0 spiro atoms. The summed E-state index contributed by atoms with van der Waals surface area (Å²) in [7, 11) is 0. The Labute approximate surface area is 183 Å². The third-order valence-electron chi connectivity index (χ3n) is 5.31. The van der Waals surface area contributed by atoms with E-state index in [1.165, 1.54) is 51.4 Å². The molecule has 0 aliphatic heterocycles. The first-order valence-electron chi connectivity index (χ1n) is 11.8. The van der Waals surface area contributed by atoms with Gasteiger partial charge in [0.05, 0.1) is 35.7 Å². The summed E-state index contributed by atoms with van der Waals surface area (Å²) in [4.78, 5) is 29.3. The molecule has 0 atom stereocenters. The molecule has 0 bridgehead atoms. The van der Waals surface area contributed by atoms with Gasteiger partial charge in [0.15, 0.2) is 0 Å². The smallest absolute Gasteiger partial charge is 0.340 e. The second-order valence-electron chi connectivity index (χ2n) is 8.06. The monoisotopic (exact) mass is 419 g/mol. The molecule has 1 aromatic rings. The van der Waals surface area contributed by atoms with Crippen LogP contribution >= 0.6 is 0 Å². The molecule has 0 amide bonds. The third-order valence-corrected chi connectivity index (χ3v) is 5.31. The van der Waals surface area contributed by atoms with Crippen molar-refractivity contribution in [3.63, 3.8) is 0 Å². The number of hydrogen-bond donors (Lipinski definition) is 0. The molecule has 0 N–H and O–H groups in total. The summed E-state index contributed by atoms with van der Waals surface area (Å²) in [5, 5.41) is 0. The fraction of sp³-hybridized carbons (Fsp3) is 0.720. The maximum atomic E-state index is 12.5. The first-order valence-corrected chi connectivity index (χ1v) is 11.8. The predicted octanol–water partition coefficient (Wildman–Crippen LogP) is 6.73. The van der Waals surface area contributed by atoms with Gasteiger partial charge in [-0.2, -0.15) is 0 Å². The van der Waals surface area contributed by atoms with E-state index in [-0.39, 0.29) is 0 Å². The highest BCUT2D eigenvalue weighted by molar-refractivity contribution is 5.96. The summed E-state index contributed by atoms with van der Waals surface area (Å²) in [6.45, 7) is 8.71. The first-order chi connectivity index (χ1) is 14.5. The van der Waals surface area contributed by atoms with Gasteiger partial charge < -0.3 is 9.47 Å². The summed E-state index contributed by atoms with van der Waals surface area (Å²) in [6.07, 6.45) is 13.6. The third kappa shape index (κ3) is 10.2. The minimum atomic E-state index is -0.418. The van der Waals surface area contributed by atoms with E-state index in [0.29, 0.717) is 35.7 Å². The van der Waals surface area contributed by atoms with Gasteiger partial charge in [0.2, 0.25) is 0 Å². The van der Waals surface area contributed by atoms with Crippen LogP contribution in [0.3, 0.4) is 0 Å². The van der Waals surface area contributed by atoms with Crippen LogP contribution in [0.1, 0.15) is 123 Å². The van der Waals surface area contributed by atoms with Crippen molar-refractivity contribution in [2.24, 2.45) is 0 Å². The number of carbonyl (C=O) groups is 2. The molecule has 0 saturated carbocycles. The maximum Gasteiger partial charge on any atom is 0.340 e. The molecule has 30 heavy (non-hydrogen) atoms. The first kappa shape index (κ1) is 26.1. The van der Waals surface area contributed by atoms with E-state index in [1.807, 2.05) is 0 Å². The van der Waals surface area contributed by atoms with Crippen LogP contribution in [-0.4, -0.2) is 30.1 Å². The van der Waals surface area contributed by atoms with Crippen molar-refractivity contribution in [3.05, 3.63) is 28.6 Å². The van der Waals surface area contributed by atoms with Gasteiger partial charge in [-0.3, -0.25) is 4.98 Å². The normalized spacial score (nSPS) is 10.8. The lowest BCUT2D eigenvalue weighted by molar-refractivity contribution is 0.0494. The highest BCUT2D eigenvalue weighted by Crippen LogP contribution is 2.16. The average molecular weight is 420 g/mol. The number of aryl methyl sites for hydroxylation is 2. The molecule has 0 aliphatic carbocycles. The second-order valence-corrected chi connectivity index (χ2v) is 8.06. The van der Waals surface area contributed by atoms with Gasteiger partial charge in [-0.1, -0.05) is 78.1 Å². The van der Waals surface area contributed by atoms with Gasteiger partial charge in [-0.05, 0) is 32.8 Å². The summed E-state index contributed by atoms with van der Waals surface area (Å²) in [5.74, 6) is -0.836. The van der Waals surface area contributed by atoms with Crippen molar-refractivity contribution in [1.82, 2.24) is 4.98 Å². The molecule has 0 radical (unpaired) electrons. The summed E-state index contributed by atoms with van der Waals surface area (Å²) >= 11 is 0. The van der Waals surface area contributed by atoms with Crippen LogP contribution in [-0.2, 0) is 9.47 Å². The number of unbranched alkanes of at least 4 members (excludes halogenated alkanes) is 10. The van der Waals surface area contributed by atoms with E-state index in [0.717, 1.165) is 25.7 Å². The predicted molar refractivity (Wildman–Crippen MR) is 121 cm³/mol. The molecule has 1 aromatic heterocycles. The van der Waals surface area contributed by atoms with Crippen LogP contribution in [0.4, 0.5) is 0 Å². The van der Waals surface area contributed by atoms with Crippen LogP contribution in [0.15, 0.2) is 6.07 Å². The molecule has 0 aliphatic rings. The van der Waals surface area contributed by atoms with Crippen molar-refractivity contribution in [2.75, 3.05) is 13.2 Å². The molecule has 0 unspecified atom stereocenters. The van der Waals surface area contributed by atoms with Crippen LogP contribution < -0.4 is 0 Å². The minimum Gasteiger partial charge on any atom is -0.462 e. The number of ether oxygens (including phenoxy) is 2. The van der Waals surface area contributed by atoms with E-state index >= 15 is 0 Å². The Kier molecular flexibility index (Phi) is 13.8. The van der Waals surface area contributed by atoms with Crippen molar-refractivity contribution in [3.8, 4) is 0 Å². The van der Waals surface area contributed by atoms with E-state index in [2.05, 4.69) is 18.8 Å². The van der Waals surface area contributed by atoms with Crippen LogP contribution in [0.25, 0.3) is 0 Å². The Morgan fingerprint density at radius 3 is 1.43 bits per heavy atom. The van der Waals surface area contributed by atoms with Gasteiger partial charge >= 0.3 is 11.9 Å². The number of rotatable bonds is 16. The molecular formula is C25H41NO4. The molecule has 1 rings (SSSR count). The van der Waals surface area contributed by atoms with Crippen molar-refractivity contribution >= 4 is 11.9 Å². The van der Waals surface area contributed by atoms with E-state index < -0.39 is 11.9 Å². The Morgan fingerprint density at radius 1 is 0.667 bits per heavy atom. The molecule has 0 aromatic carbocycles. The minimum absolute atomic E-state index is 0.345. The number of nitrogens with zero attached hydrogens (tertiary/aromatic N) is 1. The lowest BCUT2D eigenvalue weighted by Crippen LogP contribution is -2.15. The standard InChI is InChI=1S/C25H41NO4/c1-5-7-9-11-13-15-17-29-24(27)22-19-23(21(4)26-20(22)3)25(28)30-18-16-14-12-10-8-6-2/h19H,5-18H2,1-4H3. The Morgan fingerprint density at radius 2 is 1.03 bits per heavy atom. The van der Waals surface area contributed by atoms with Crippen LogP contribution in [0, 0.1) is 13.8 Å². The topological polar surface area (TPSA) is 65.5 Å². The van der Waals surface area contributed by atoms with Crippen LogP contribution in [0.2, 0.25) is 0 Å². The molecular weight excluding hydrogens is 378 g/mol. The number of pyridine rings is 1. The molecule has 5 heteroatoms. The Bertz CT molecular complexity index is 591. The number of esters is 2. The fourth-order valence-electron chi connectivity index (χ4n) is 3.39. The zero-order valence-corrected chi connectivity index (χ0v) is 19.6. The fourth-order valence-corrected chi connectivity index (χ4v) is 3.39. The quantitative estimate of drug-likeness (QED) is 0.219. The SMILES string of the molecule is CCCCCCCCOC(=O)c1cc(C(=O)OCCCCCCCC)c(C)nc1C. The number of aromatic nitrogens is 1. The molecule has 0 fully saturated rings. The Hall–Kier alpha value is -1.91. The molecule has 0 saturated heterocycles. The van der Waals surface area contributed by atoms with E-state index in [1.54, 1.807) is 19.9 Å². The van der Waals surface area contributed by atoms with Gasteiger partial charge in [-0.15, -0.1) is 0 Å². The zero-order valence-electron chi connectivity index (χ0n) is 19.6. The summed E-state index contributed by atoms with van der Waals surface area (Å²) < 4.78 is 10.8. The summed E-state index contributed by atoms with van der Waals surface area (Å²) in [6, 6.07) is 1.57. The van der Waals surface area contributed by atoms with Gasteiger partial charge in [0, 0.05) is 0 Å². The van der Waals surface area contributed by atoms with Crippen molar-refractivity contribution in [2.45, 2.75) is 105 Å². The average Bonchev–Trinajstić information content (AvgIpc) is 2.72. The van der Waals surface area contributed by atoms with Crippen LogP contribution in [0.5, 0.6) is 0 Å².